The number of rotatable bonds is 8. The second-order valence-electron chi connectivity index (χ2n) is 5.94. The number of nitrogens with two attached hydrogens (primary N) is 1. The van der Waals surface area contributed by atoms with Crippen LogP contribution in [0.3, 0.4) is 0 Å². The van der Waals surface area contributed by atoms with Gasteiger partial charge in [-0.2, -0.15) is 9.90 Å². The summed E-state index contributed by atoms with van der Waals surface area (Å²) in [6, 6.07) is 2.06. The number of ether oxygens (including phenoxy) is 2. The smallest absolute Gasteiger partial charge is 0.254 e. The Morgan fingerprint density at radius 1 is 1.17 bits per heavy atom. The molecular formula is C26H43F2N2O3PS. The number of thiazole rings is 1. The van der Waals surface area contributed by atoms with Gasteiger partial charge in [-0.25, -0.2) is 13.8 Å². The summed E-state index contributed by atoms with van der Waals surface area (Å²) >= 11 is 1.41. The third kappa shape index (κ3) is 11.9. The topological polar surface area (TPSA) is 74.4 Å². The van der Waals surface area contributed by atoms with Gasteiger partial charge in [0.2, 0.25) is 0 Å². The molecule has 0 spiro atoms. The van der Waals surface area contributed by atoms with Crippen LogP contribution in [0.15, 0.2) is 30.4 Å². The van der Waals surface area contributed by atoms with E-state index in [4.69, 9.17) is 15.2 Å². The summed E-state index contributed by atoms with van der Waals surface area (Å²) in [5.41, 5.74) is 5.92. The number of aromatic nitrogens is 1. The Morgan fingerprint density at radius 2 is 1.74 bits per heavy atom. The molecule has 1 aromatic heterocycles. The number of amides is 1. The van der Waals surface area contributed by atoms with Crippen molar-refractivity contribution >= 4 is 32.7 Å². The Bertz CT molecular complexity index is 932. The van der Waals surface area contributed by atoms with E-state index >= 15 is 0 Å². The Morgan fingerprint density at radius 3 is 2.23 bits per heavy atom. The zero-order chi connectivity index (χ0) is 26.8. The van der Waals surface area contributed by atoms with Crippen molar-refractivity contribution < 1.29 is 23.0 Å². The number of hydrogen-bond donors (Lipinski definition) is 1. The van der Waals surface area contributed by atoms with Gasteiger partial charge in [0, 0.05) is 12.0 Å². The number of primary amides is 1. The summed E-state index contributed by atoms with van der Waals surface area (Å²) in [7, 11) is 1.63. The fraction of sp³-hybridized carbons (Fsp3) is 0.462. The lowest BCUT2D eigenvalue weighted by Gasteiger charge is -2.08. The molecule has 0 aliphatic rings. The van der Waals surface area contributed by atoms with Gasteiger partial charge in [0.1, 0.15) is 23.0 Å². The molecule has 0 bridgehead atoms. The lowest BCUT2D eigenvalue weighted by atomic mass is 10.1. The highest BCUT2D eigenvalue weighted by Gasteiger charge is 2.20. The number of carbonyl (C=O) groups excluding carboxylic acids is 1. The number of hydrogen-bond acceptors (Lipinski definition) is 5. The monoisotopic (exact) mass is 532 g/mol. The Labute approximate surface area is 217 Å². The predicted octanol–water partition coefficient (Wildman–Crippen LogP) is 7.54. The molecule has 0 aliphatic heterocycles. The second kappa shape index (κ2) is 21.2. The zero-order valence-corrected chi connectivity index (χ0v) is 25.0. The SMILES string of the molecule is C/C=C(\C=C/C(C)OC)c1nc(COc2ccc(F)c(C(N)=O)c2F)sc1C.CC.CC.CC.P. The molecule has 0 saturated carbocycles. The Hall–Kier alpha value is -2.15. The first kappa shape index (κ1) is 37.4. The van der Waals surface area contributed by atoms with Gasteiger partial charge < -0.3 is 15.2 Å². The van der Waals surface area contributed by atoms with Crippen LogP contribution in [0.2, 0.25) is 0 Å². The molecule has 0 fully saturated rings. The van der Waals surface area contributed by atoms with E-state index in [1.165, 1.54) is 11.3 Å². The molecular weight excluding hydrogens is 489 g/mol. The third-order valence-corrected chi connectivity index (χ3v) is 4.94. The summed E-state index contributed by atoms with van der Waals surface area (Å²) in [5.74, 6) is -3.60. The first-order valence-electron chi connectivity index (χ1n) is 11.5. The van der Waals surface area contributed by atoms with E-state index in [1.807, 2.05) is 80.5 Å². The van der Waals surface area contributed by atoms with Crippen molar-refractivity contribution in [1.29, 1.82) is 0 Å². The van der Waals surface area contributed by atoms with Crippen molar-refractivity contribution in [2.24, 2.45) is 5.73 Å². The number of aryl methyl sites for hydroxylation is 1. The second-order valence-corrected chi connectivity index (χ2v) is 7.23. The number of benzene rings is 1. The molecule has 1 amide bonds. The van der Waals surface area contributed by atoms with Crippen LogP contribution in [0.1, 0.15) is 81.3 Å². The van der Waals surface area contributed by atoms with Crippen molar-refractivity contribution in [3.05, 3.63) is 63.1 Å². The molecule has 1 aromatic carbocycles. The fourth-order valence-corrected chi connectivity index (χ4v) is 3.29. The van der Waals surface area contributed by atoms with E-state index < -0.39 is 23.1 Å². The lowest BCUT2D eigenvalue weighted by molar-refractivity contribution is 0.0991. The van der Waals surface area contributed by atoms with Crippen LogP contribution >= 0.6 is 21.2 Å². The standard InChI is InChI=1S/C20H22F2N2O3S.3C2H6.H3P/c1-5-13(7-6-11(2)26-4)19-12(3)28-16(24-19)10-27-15-9-8-14(21)17(18(15)22)20(23)25;3*1-2;/h5-9,11H,10H2,1-4H3,(H2,23,25);3*1-2H3;1H3/b7-6-,13-5+;;;;. The maximum Gasteiger partial charge on any atom is 0.254 e. The molecule has 2 atom stereocenters. The minimum Gasteiger partial charge on any atom is -0.483 e. The van der Waals surface area contributed by atoms with E-state index in [2.05, 4.69) is 4.98 Å². The quantitative estimate of drug-likeness (QED) is 0.282. The molecule has 2 rings (SSSR count). The number of carbonyl (C=O) groups is 1. The molecule has 0 saturated heterocycles. The average molecular weight is 533 g/mol. The predicted molar refractivity (Wildman–Crippen MR) is 150 cm³/mol. The van der Waals surface area contributed by atoms with Gasteiger partial charge in [-0.15, -0.1) is 11.3 Å². The third-order valence-electron chi connectivity index (χ3n) is 4.00. The maximum absolute atomic E-state index is 14.3. The van der Waals surface area contributed by atoms with E-state index in [1.54, 1.807) is 7.11 Å². The van der Waals surface area contributed by atoms with Crippen molar-refractivity contribution in [3.8, 4) is 5.75 Å². The first-order chi connectivity index (χ1) is 16.3. The van der Waals surface area contributed by atoms with Crippen molar-refractivity contribution in [2.75, 3.05) is 7.11 Å². The molecule has 2 N–H and O–H groups in total. The van der Waals surface area contributed by atoms with Crippen LogP contribution in [0, 0.1) is 18.6 Å². The van der Waals surface area contributed by atoms with Gasteiger partial charge in [0.05, 0.1) is 11.8 Å². The van der Waals surface area contributed by atoms with Gasteiger partial charge in [-0.05, 0) is 38.5 Å². The van der Waals surface area contributed by atoms with Gasteiger partial charge in [0.25, 0.3) is 5.91 Å². The van der Waals surface area contributed by atoms with E-state index in [-0.39, 0.29) is 28.4 Å². The normalized spacial score (nSPS) is 11.0. The van der Waals surface area contributed by atoms with Crippen LogP contribution in [0.25, 0.3) is 5.57 Å². The number of halogens is 2. The van der Waals surface area contributed by atoms with Crippen LogP contribution < -0.4 is 10.5 Å². The van der Waals surface area contributed by atoms with E-state index in [0.29, 0.717) is 5.01 Å². The molecule has 9 heteroatoms. The average Bonchev–Trinajstić information content (AvgIpc) is 3.22. The highest BCUT2D eigenvalue weighted by Crippen LogP contribution is 2.28. The van der Waals surface area contributed by atoms with E-state index in [0.717, 1.165) is 28.3 Å². The van der Waals surface area contributed by atoms with Crippen molar-refractivity contribution in [2.45, 2.75) is 75.0 Å². The number of methoxy groups -OCH3 is 1. The van der Waals surface area contributed by atoms with Crippen LogP contribution in [0.5, 0.6) is 5.75 Å². The summed E-state index contributed by atoms with van der Waals surface area (Å²) in [6.07, 6.45) is 5.76. The largest absolute Gasteiger partial charge is 0.483 e. The summed E-state index contributed by atoms with van der Waals surface area (Å²) in [5, 5.41) is 0.615. The summed E-state index contributed by atoms with van der Waals surface area (Å²) in [6.45, 7) is 17.7. The molecule has 35 heavy (non-hydrogen) atoms. The Kier molecular flexibility index (Phi) is 22.6. The molecule has 2 unspecified atom stereocenters. The first-order valence-corrected chi connectivity index (χ1v) is 12.3. The highest BCUT2D eigenvalue weighted by molar-refractivity contribution is 7.11. The van der Waals surface area contributed by atoms with E-state index in [9.17, 15) is 13.6 Å². The van der Waals surface area contributed by atoms with Gasteiger partial charge >= 0.3 is 0 Å². The van der Waals surface area contributed by atoms with Gasteiger partial charge in [-0.1, -0.05) is 59.8 Å². The van der Waals surface area contributed by atoms with Crippen LogP contribution in [-0.2, 0) is 11.3 Å². The summed E-state index contributed by atoms with van der Waals surface area (Å²) < 4.78 is 38.4. The van der Waals surface area contributed by atoms with Crippen LogP contribution in [-0.4, -0.2) is 24.1 Å². The fourth-order valence-electron chi connectivity index (χ4n) is 2.42. The lowest BCUT2D eigenvalue weighted by Crippen LogP contribution is -2.16. The molecule has 0 radical (unpaired) electrons. The molecule has 200 valence electrons. The molecule has 0 aliphatic carbocycles. The molecule has 5 nitrogen and oxygen atoms in total. The zero-order valence-electron chi connectivity index (χ0n) is 22.8. The molecule has 1 heterocycles. The van der Waals surface area contributed by atoms with Gasteiger partial charge in [-0.3, -0.25) is 4.79 Å². The van der Waals surface area contributed by atoms with Crippen molar-refractivity contribution in [1.82, 2.24) is 4.98 Å². The Balaban J connectivity index is -0.00000135. The minimum atomic E-state index is -1.19. The maximum atomic E-state index is 14.3. The van der Waals surface area contributed by atoms with Crippen molar-refractivity contribution in [3.63, 3.8) is 0 Å². The van der Waals surface area contributed by atoms with Gasteiger partial charge in [0.15, 0.2) is 11.6 Å². The molecule has 2 aromatic rings. The van der Waals surface area contributed by atoms with Crippen LogP contribution in [0.4, 0.5) is 8.78 Å². The number of allylic oxidation sites excluding steroid dienone is 3. The summed E-state index contributed by atoms with van der Waals surface area (Å²) in [4.78, 5) is 16.7. The minimum absolute atomic E-state index is 0. The number of nitrogens with zero attached hydrogens (tertiary/aromatic N) is 1. The highest BCUT2D eigenvalue weighted by atomic mass is 32.1.